The number of allylic oxidation sites excluding steroid dienone is 8. The molecule has 6 heteroatoms. The van der Waals surface area contributed by atoms with Crippen LogP contribution in [-0.4, -0.2) is 33.0 Å². The van der Waals surface area contributed by atoms with Crippen LogP contribution in [0.3, 0.4) is 0 Å². The predicted molar refractivity (Wildman–Crippen MR) is 151 cm³/mol. The Balaban J connectivity index is 2.47. The maximum Gasteiger partial charge on any atom is 0.261 e. The highest BCUT2D eigenvalue weighted by molar-refractivity contribution is 8.07. The minimum Gasteiger partial charge on any atom is -0.348 e. The second-order valence-corrected chi connectivity index (χ2v) is 11.0. The smallest absolute Gasteiger partial charge is 0.261 e. The minimum atomic E-state index is -0.336. The molecule has 5 nitrogen and oxygen atoms in total. The average Bonchev–Trinajstić information content (AvgIpc) is 3.28. The summed E-state index contributed by atoms with van der Waals surface area (Å²) in [7, 11) is 0. The van der Waals surface area contributed by atoms with E-state index in [0.29, 0.717) is 6.54 Å². The summed E-state index contributed by atoms with van der Waals surface area (Å²) in [5, 5.41) is 0. The number of rotatable bonds is 8. The number of hydrogen-bond acceptors (Lipinski definition) is 4. The number of aliphatic imine (C=N–C) groups is 1. The average molecular weight is 495 g/mol. The maximum atomic E-state index is 14.0. The van der Waals surface area contributed by atoms with Crippen molar-refractivity contribution in [3.8, 4) is 0 Å². The highest BCUT2D eigenvalue weighted by Gasteiger charge is 2.37. The van der Waals surface area contributed by atoms with Gasteiger partial charge in [-0.25, -0.2) is 4.98 Å². The Kier molecular flexibility index (Phi) is 10.6. The van der Waals surface area contributed by atoms with E-state index in [1.807, 2.05) is 56.1 Å². The molecular weight excluding hydrogens is 452 g/mol. The van der Waals surface area contributed by atoms with Crippen LogP contribution in [0.4, 0.5) is 0 Å². The first-order chi connectivity index (χ1) is 16.5. The molecule has 0 aromatic carbocycles. The summed E-state index contributed by atoms with van der Waals surface area (Å²) < 4.78 is 0. The van der Waals surface area contributed by atoms with E-state index in [-0.39, 0.29) is 17.4 Å². The molecule has 35 heavy (non-hydrogen) atoms. The van der Waals surface area contributed by atoms with Crippen molar-refractivity contribution in [2.45, 2.75) is 81.2 Å². The summed E-state index contributed by atoms with van der Waals surface area (Å²) >= 11 is 1.59. The van der Waals surface area contributed by atoms with Gasteiger partial charge in [-0.3, -0.25) is 9.79 Å². The Bertz CT molecular complexity index is 1070. The molecule has 2 heterocycles. The molecule has 1 atom stereocenters. The molecule has 1 aliphatic heterocycles. The molecule has 1 aromatic heterocycles. The third-order valence-corrected chi connectivity index (χ3v) is 7.56. The summed E-state index contributed by atoms with van der Waals surface area (Å²) in [6.07, 6.45) is 15.5. The highest BCUT2D eigenvalue weighted by atomic mass is 32.2. The van der Waals surface area contributed by atoms with Gasteiger partial charge in [-0.05, 0) is 57.4 Å². The SMILES string of the molecule is C/C=C(\SC(=C(C)C)C(C)(C)C)C(=O)N1CCc2[nH]cnc2C1C(=C/C)/N=C(C)/C=C\C=C/CC. The molecule has 0 fully saturated rings. The molecule has 0 saturated carbocycles. The van der Waals surface area contributed by atoms with E-state index in [4.69, 9.17) is 4.99 Å². The zero-order valence-electron chi connectivity index (χ0n) is 22.9. The van der Waals surface area contributed by atoms with Crippen molar-refractivity contribution < 1.29 is 4.79 Å². The number of H-pyrrole nitrogens is 1. The normalized spacial score (nSPS) is 17.9. The molecule has 2 rings (SSSR count). The zero-order chi connectivity index (χ0) is 26.2. The molecule has 0 spiro atoms. The van der Waals surface area contributed by atoms with Gasteiger partial charge >= 0.3 is 0 Å². The molecule has 0 bridgehead atoms. The van der Waals surface area contributed by atoms with Gasteiger partial charge in [-0.2, -0.15) is 0 Å². The van der Waals surface area contributed by atoms with E-state index < -0.39 is 0 Å². The van der Waals surface area contributed by atoms with Gasteiger partial charge in [0.05, 0.1) is 22.6 Å². The van der Waals surface area contributed by atoms with Crippen LogP contribution in [0.1, 0.15) is 86.2 Å². The van der Waals surface area contributed by atoms with E-state index in [9.17, 15) is 4.79 Å². The topological polar surface area (TPSA) is 61.4 Å². The summed E-state index contributed by atoms with van der Waals surface area (Å²) in [5.74, 6) is 0.0211. The third-order valence-electron chi connectivity index (χ3n) is 5.71. The first-order valence-electron chi connectivity index (χ1n) is 12.4. The van der Waals surface area contributed by atoms with Crippen LogP contribution in [-0.2, 0) is 11.2 Å². The van der Waals surface area contributed by atoms with Crippen LogP contribution in [0, 0.1) is 5.41 Å². The van der Waals surface area contributed by atoms with Crippen molar-refractivity contribution in [2.24, 2.45) is 10.4 Å². The Morgan fingerprint density at radius 3 is 2.51 bits per heavy atom. The Hall–Kier alpha value is -2.60. The molecule has 1 unspecified atom stereocenters. The van der Waals surface area contributed by atoms with Gasteiger partial charge < -0.3 is 9.88 Å². The predicted octanol–water partition coefficient (Wildman–Crippen LogP) is 7.70. The summed E-state index contributed by atoms with van der Waals surface area (Å²) in [6.45, 7) is 19.4. The number of hydrogen-bond donors (Lipinski definition) is 1. The molecule has 0 radical (unpaired) electrons. The number of amides is 1. The summed E-state index contributed by atoms with van der Waals surface area (Å²) in [4.78, 5) is 30.7. The minimum absolute atomic E-state index is 0.0211. The van der Waals surface area contributed by atoms with Crippen molar-refractivity contribution in [2.75, 3.05) is 6.54 Å². The van der Waals surface area contributed by atoms with Crippen LogP contribution in [0.2, 0.25) is 0 Å². The highest BCUT2D eigenvalue weighted by Crippen LogP contribution is 2.43. The Labute approximate surface area is 216 Å². The molecule has 190 valence electrons. The van der Waals surface area contributed by atoms with Crippen molar-refractivity contribution in [1.82, 2.24) is 14.9 Å². The van der Waals surface area contributed by atoms with Crippen LogP contribution < -0.4 is 0 Å². The van der Waals surface area contributed by atoms with Gasteiger partial charge in [0, 0.05) is 24.4 Å². The first-order valence-corrected chi connectivity index (χ1v) is 13.3. The lowest BCUT2D eigenvalue weighted by Gasteiger charge is -2.36. The molecule has 1 amide bonds. The lowest BCUT2D eigenvalue weighted by atomic mass is 9.94. The molecule has 1 N–H and O–H groups in total. The van der Waals surface area contributed by atoms with Crippen molar-refractivity contribution in [1.29, 1.82) is 0 Å². The van der Waals surface area contributed by atoms with Gasteiger partial charge in [-0.15, -0.1) is 0 Å². The molecular formula is C29H42N4OS. The second kappa shape index (κ2) is 12.9. The number of thioether (sulfide) groups is 1. The van der Waals surface area contributed by atoms with E-state index in [2.05, 4.69) is 57.6 Å². The molecule has 0 saturated heterocycles. The van der Waals surface area contributed by atoms with E-state index in [1.165, 1.54) is 10.5 Å². The summed E-state index contributed by atoms with van der Waals surface area (Å²) in [6, 6.07) is -0.336. The quantitative estimate of drug-likeness (QED) is 0.229. The van der Waals surface area contributed by atoms with Gasteiger partial charge in [0.25, 0.3) is 5.91 Å². The zero-order valence-corrected chi connectivity index (χ0v) is 23.7. The van der Waals surface area contributed by atoms with Crippen LogP contribution >= 0.6 is 11.8 Å². The van der Waals surface area contributed by atoms with Crippen LogP contribution in [0.5, 0.6) is 0 Å². The fourth-order valence-corrected chi connectivity index (χ4v) is 5.26. The standard InChI is InChI=1S/C29H42N4OS/c1-10-13-14-15-16-21(6)32-22(11-2)26-25-23(30-19-31-25)17-18-33(26)28(34)24(12-3)35-27(20(4)5)29(7,8)9/h11-16,19,26H,10,17-18H2,1-9H3,(H,30,31)/b14-13-,16-15-,22-11-,24-12-,32-21+. The summed E-state index contributed by atoms with van der Waals surface area (Å²) in [5.41, 5.74) is 4.85. The van der Waals surface area contributed by atoms with E-state index in [1.54, 1.807) is 18.1 Å². The number of aromatic amines is 1. The number of nitrogens with zero attached hydrogens (tertiary/aromatic N) is 3. The van der Waals surface area contributed by atoms with Crippen LogP contribution in [0.15, 0.2) is 68.9 Å². The fraction of sp³-hybridized carbons (Fsp3) is 0.483. The Morgan fingerprint density at radius 1 is 1.23 bits per heavy atom. The molecule has 1 aliphatic rings. The molecule has 0 aliphatic carbocycles. The van der Waals surface area contributed by atoms with Gasteiger partial charge in [-0.1, -0.05) is 75.4 Å². The first kappa shape index (κ1) is 28.6. The Morgan fingerprint density at radius 2 is 1.94 bits per heavy atom. The van der Waals surface area contributed by atoms with E-state index >= 15 is 0 Å². The maximum absolute atomic E-state index is 14.0. The number of aromatic nitrogens is 2. The lowest BCUT2D eigenvalue weighted by molar-refractivity contribution is -0.128. The lowest BCUT2D eigenvalue weighted by Crippen LogP contribution is -2.41. The fourth-order valence-electron chi connectivity index (χ4n) is 4.21. The number of nitrogens with one attached hydrogen (secondary N) is 1. The van der Waals surface area contributed by atoms with Crippen molar-refractivity contribution in [3.05, 3.63) is 75.3 Å². The number of carbonyl (C=O) groups excluding carboxylic acids is 1. The van der Waals surface area contributed by atoms with Gasteiger partial charge in [0.1, 0.15) is 6.04 Å². The van der Waals surface area contributed by atoms with Crippen molar-refractivity contribution in [3.63, 3.8) is 0 Å². The number of carbonyl (C=O) groups is 1. The van der Waals surface area contributed by atoms with E-state index in [0.717, 1.165) is 40.5 Å². The molecule has 1 aromatic rings. The van der Waals surface area contributed by atoms with Gasteiger partial charge in [0.2, 0.25) is 0 Å². The van der Waals surface area contributed by atoms with Crippen molar-refractivity contribution >= 4 is 23.4 Å². The number of imidazole rings is 1. The second-order valence-electron chi connectivity index (χ2n) is 9.91. The third kappa shape index (κ3) is 7.44. The number of fused-ring (bicyclic) bond motifs is 1. The monoisotopic (exact) mass is 494 g/mol. The van der Waals surface area contributed by atoms with Gasteiger partial charge in [0.15, 0.2) is 0 Å². The largest absolute Gasteiger partial charge is 0.348 e. The van der Waals surface area contributed by atoms with Crippen LogP contribution in [0.25, 0.3) is 0 Å².